The van der Waals surface area contributed by atoms with Crippen LogP contribution in [0.4, 0.5) is 17.1 Å². The highest BCUT2D eigenvalue weighted by molar-refractivity contribution is 6.03. The van der Waals surface area contributed by atoms with E-state index >= 15 is 0 Å². The molecule has 0 radical (unpaired) electrons. The summed E-state index contributed by atoms with van der Waals surface area (Å²) in [5.74, 6) is 1.95. The van der Waals surface area contributed by atoms with Gasteiger partial charge < -0.3 is 4.90 Å². The zero-order chi connectivity index (χ0) is 28.6. The number of hydrogen-bond acceptors (Lipinski definition) is 4. The second kappa shape index (κ2) is 10.5. The summed E-state index contributed by atoms with van der Waals surface area (Å²) in [5.41, 5.74) is 10.9. The number of anilines is 3. The molecule has 1 aliphatic heterocycles. The standard InChI is InChI=1S/C39H26N4/c1-4-14-27(15-5-1)37-40-38(28-16-6-2-7-17-28)42-39(41-37)29-24-25-31-32-20-10-12-22-35(32)43(30-18-8-3-9-19-30)36-23-13-11-21-33(36)34(31)26-29/h1-26H. The molecule has 2 heterocycles. The van der Waals surface area contributed by atoms with E-state index < -0.39 is 0 Å². The molecule has 0 saturated carbocycles. The van der Waals surface area contributed by atoms with Crippen LogP contribution in [-0.2, 0) is 0 Å². The van der Waals surface area contributed by atoms with Gasteiger partial charge in [0.25, 0.3) is 0 Å². The van der Waals surface area contributed by atoms with Gasteiger partial charge in [0.1, 0.15) is 0 Å². The van der Waals surface area contributed by atoms with Gasteiger partial charge in [0.15, 0.2) is 17.5 Å². The first-order valence-corrected chi connectivity index (χ1v) is 14.4. The summed E-state index contributed by atoms with van der Waals surface area (Å²) in [4.78, 5) is 17.2. The molecule has 0 atom stereocenters. The quantitative estimate of drug-likeness (QED) is 0.219. The molecule has 4 nitrogen and oxygen atoms in total. The van der Waals surface area contributed by atoms with Gasteiger partial charge in [0.05, 0.1) is 11.4 Å². The van der Waals surface area contributed by atoms with Crippen LogP contribution in [0.25, 0.3) is 56.4 Å². The third-order valence-electron chi connectivity index (χ3n) is 7.86. The Balaban J connectivity index is 1.36. The van der Waals surface area contributed by atoms with Gasteiger partial charge in [0, 0.05) is 33.5 Å². The first kappa shape index (κ1) is 24.9. The Morgan fingerprint density at radius 2 is 0.767 bits per heavy atom. The monoisotopic (exact) mass is 550 g/mol. The van der Waals surface area contributed by atoms with Gasteiger partial charge in [-0.2, -0.15) is 0 Å². The summed E-state index contributed by atoms with van der Waals surface area (Å²) in [6, 6.07) is 54.6. The summed E-state index contributed by atoms with van der Waals surface area (Å²) in [5, 5.41) is 0. The lowest BCUT2D eigenvalue weighted by Crippen LogP contribution is -2.10. The molecular formula is C39H26N4. The third-order valence-corrected chi connectivity index (χ3v) is 7.86. The van der Waals surface area contributed by atoms with E-state index in [4.69, 9.17) is 15.0 Å². The van der Waals surface area contributed by atoms with E-state index in [1.807, 2.05) is 60.7 Å². The van der Waals surface area contributed by atoms with Crippen LogP contribution in [0.5, 0.6) is 0 Å². The molecule has 0 fully saturated rings. The van der Waals surface area contributed by atoms with Crippen molar-refractivity contribution < 1.29 is 0 Å². The fourth-order valence-corrected chi connectivity index (χ4v) is 5.86. The molecule has 0 aliphatic carbocycles. The van der Waals surface area contributed by atoms with Crippen LogP contribution < -0.4 is 4.90 Å². The van der Waals surface area contributed by atoms with Crippen molar-refractivity contribution in [1.29, 1.82) is 0 Å². The van der Waals surface area contributed by atoms with Crippen LogP contribution in [0.1, 0.15) is 0 Å². The summed E-state index contributed by atoms with van der Waals surface area (Å²) >= 11 is 0. The molecule has 0 bridgehead atoms. The predicted octanol–water partition coefficient (Wildman–Crippen LogP) is 9.99. The van der Waals surface area contributed by atoms with Gasteiger partial charge in [-0.25, -0.2) is 15.0 Å². The van der Waals surface area contributed by atoms with Crippen LogP contribution in [-0.4, -0.2) is 15.0 Å². The summed E-state index contributed by atoms with van der Waals surface area (Å²) in [7, 11) is 0. The van der Waals surface area contributed by atoms with Crippen molar-refractivity contribution in [2.45, 2.75) is 0 Å². The maximum atomic E-state index is 5.00. The summed E-state index contributed by atoms with van der Waals surface area (Å²) in [6.07, 6.45) is 0. The van der Waals surface area contributed by atoms with Gasteiger partial charge in [-0.1, -0.05) is 127 Å². The molecule has 1 aromatic heterocycles. The third kappa shape index (κ3) is 4.46. The highest BCUT2D eigenvalue weighted by Crippen LogP contribution is 2.51. The minimum absolute atomic E-state index is 0.644. The van der Waals surface area contributed by atoms with E-state index in [0.717, 1.165) is 44.9 Å². The Hall–Kier alpha value is -5.87. The van der Waals surface area contributed by atoms with Crippen molar-refractivity contribution in [3.8, 4) is 56.4 Å². The average Bonchev–Trinajstić information content (AvgIpc) is 3.21. The molecule has 8 rings (SSSR count). The molecule has 4 heteroatoms. The fourth-order valence-electron chi connectivity index (χ4n) is 5.86. The van der Waals surface area contributed by atoms with Crippen molar-refractivity contribution in [3.63, 3.8) is 0 Å². The van der Waals surface area contributed by atoms with Crippen molar-refractivity contribution >= 4 is 17.1 Å². The van der Waals surface area contributed by atoms with Crippen LogP contribution in [0.2, 0.25) is 0 Å². The first-order chi connectivity index (χ1) is 21.3. The number of hydrogen-bond donors (Lipinski definition) is 0. The minimum Gasteiger partial charge on any atom is -0.309 e. The molecule has 0 amide bonds. The van der Waals surface area contributed by atoms with Gasteiger partial charge in [-0.3, -0.25) is 0 Å². The molecule has 7 aromatic rings. The SMILES string of the molecule is c1ccc(-c2nc(-c3ccccc3)nc(-c3ccc4c(c3)-c3ccccc3N(c3ccccc3)c3ccccc3-4)n2)cc1. The Labute approximate surface area is 250 Å². The highest BCUT2D eigenvalue weighted by Gasteiger charge is 2.26. The molecule has 202 valence electrons. The van der Waals surface area contributed by atoms with Crippen LogP contribution in [0.3, 0.4) is 0 Å². The summed E-state index contributed by atoms with van der Waals surface area (Å²) in [6.45, 7) is 0. The van der Waals surface area contributed by atoms with E-state index in [9.17, 15) is 0 Å². The Morgan fingerprint density at radius 1 is 0.326 bits per heavy atom. The van der Waals surface area contributed by atoms with Crippen molar-refractivity contribution in [3.05, 3.63) is 158 Å². The van der Waals surface area contributed by atoms with Gasteiger partial charge >= 0.3 is 0 Å². The van der Waals surface area contributed by atoms with Crippen molar-refractivity contribution in [1.82, 2.24) is 15.0 Å². The molecule has 0 spiro atoms. The number of aromatic nitrogens is 3. The normalized spacial score (nSPS) is 11.7. The number of nitrogens with zero attached hydrogens (tertiary/aromatic N) is 4. The Bertz CT molecular complexity index is 2020. The molecule has 0 saturated heterocycles. The van der Waals surface area contributed by atoms with E-state index in [2.05, 4.69) is 102 Å². The topological polar surface area (TPSA) is 41.9 Å². The maximum absolute atomic E-state index is 5.00. The second-order valence-corrected chi connectivity index (χ2v) is 10.5. The van der Waals surface area contributed by atoms with Gasteiger partial charge in [0.2, 0.25) is 0 Å². The number of para-hydroxylation sites is 3. The number of benzene rings is 6. The smallest absolute Gasteiger partial charge is 0.164 e. The van der Waals surface area contributed by atoms with E-state index in [0.29, 0.717) is 17.5 Å². The lowest BCUT2D eigenvalue weighted by atomic mass is 9.92. The molecule has 43 heavy (non-hydrogen) atoms. The van der Waals surface area contributed by atoms with Crippen LogP contribution >= 0.6 is 0 Å². The molecule has 6 aromatic carbocycles. The number of rotatable bonds is 4. The zero-order valence-electron chi connectivity index (χ0n) is 23.3. The highest BCUT2D eigenvalue weighted by atomic mass is 15.1. The van der Waals surface area contributed by atoms with E-state index in [1.54, 1.807) is 0 Å². The van der Waals surface area contributed by atoms with Crippen molar-refractivity contribution in [2.24, 2.45) is 0 Å². The molecular weight excluding hydrogens is 524 g/mol. The summed E-state index contributed by atoms with van der Waals surface area (Å²) < 4.78 is 0. The van der Waals surface area contributed by atoms with E-state index in [-0.39, 0.29) is 0 Å². The largest absolute Gasteiger partial charge is 0.309 e. The van der Waals surface area contributed by atoms with E-state index in [1.165, 1.54) is 11.1 Å². The fraction of sp³-hybridized carbons (Fsp3) is 0. The average molecular weight is 551 g/mol. The van der Waals surface area contributed by atoms with Crippen LogP contribution in [0, 0.1) is 0 Å². The predicted molar refractivity (Wildman–Crippen MR) is 175 cm³/mol. The Kier molecular flexibility index (Phi) is 6.08. The van der Waals surface area contributed by atoms with Gasteiger partial charge in [-0.15, -0.1) is 0 Å². The van der Waals surface area contributed by atoms with Crippen LogP contribution in [0.15, 0.2) is 158 Å². The molecule has 0 N–H and O–H groups in total. The molecule has 0 unspecified atom stereocenters. The lowest BCUT2D eigenvalue weighted by Gasteiger charge is -2.27. The minimum atomic E-state index is 0.644. The van der Waals surface area contributed by atoms with Crippen molar-refractivity contribution in [2.75, 3.05) is 4.90 Å². The zero-order valence-corrected chi connectivity index (χ0v) is 23.3. The first-order valence-electron chi connectivity index (χ1n) is 14.4. The van der Waals surface area contributed by atoms with Gasteiger partial charge in [-0.05, 0) is 41.5 Å². The Morgan fingerprint density at radius 3 is 1.33 bits per heavy atom. The maximum Gasteiger partial charge on any atom is 0.164 e. The number of fused-ring (bicyclic) bond motifs is 5. The molecule has 1 aliphatic rings. The second-order valence-electron chi connectivity index (χ2n) is 10.5. The lowest BCUT2D eigenvalue weighted by molar-refractivity contribution is 1.07.